The van der Waals surface area contributed by atoms with Crippen LogP contribution < -0.4 is 10.9 Å². The lowest BCUT2D eigenvalue weighted by atomic mass is 10.1. The molecular formula is C25H24N4O4S. The first-order valence-corrected chi connectivity index (χ1v) is 12.3. The Hall–Kier alpha value is -3.82. The normalized spacial score (nSPS) is 11.6. The van der Waals surface area contributed by atoms with E-state index in [9.17, 15) is 18.0 Å². The van der Waals surface area contributed by atoms with Gasteiger partial charge in [0.1, 0.15) is 0 Å². The van der Waals surface area contributed by atoms with Gasteiger partial charge in [-0.1, -0.05) is 56.3 Å². The van der Waals surface area contributed by atoms with Crippen LogP contribution in [-0.4, -0.2) is 41.5 Å². The second-order valence-electron chi connectivity index (χ2n) is 7.52. The Morgan fingerprint density at radius 1 is 0.912 bits per heavy atom. The van der Waals surface area contributed by atoms with E-state index in [0.717, 1.165) is 0 Å². The molecule has 0 spiro atoms. The molecule has 0 aliphatic rings. The van der Waals surface area contributed by atoms with Crippen molar-refractivity contribution in [3.8, 4) is 5.69 Å². The van der Waals surface area contributed by atoms with Gasteiger partial charge in [-0.05, 0) is 36.4 Å². The highest BCUT2D eigenvalue weighted by atomic mass is 32.2. The van der Waals surface area contributed by atoms with Gasteiger partial charge in [0, 0.05) is 24.2 Å². The predicted octanol–water partition coefficient (Wildman–Crippen LogP) is 3.67. The second-order valence-corrected chi connectivity index (χ2v) is 9.46. The van der Waals surface area contributed by atoms with E-state index >= 15 is 0 Å². The van der Waals surface area contributed by atoms with Gasteiger partial charge < -0.3 is 5.32 Å². The molecule has 1 N–H and O–H groups in total. The number of nitrogens with zero attached hydrogens (tertiary/aromatic N) is 3. The maximum Gasteiger partial charge on any atom is 0.279 e. The number of hydrogen-bond acceptors (Lipinski definition) is 5. The highest BCUT2D eigenvalue weighted by Gasteiger charge is 2.23. The van der Waals surface area contributed by atoms with Gasteiger partial charge in [0.15, 0.2) is 5.69 Å². The smallest absolute Gasteiger partial charge is 0.279 e. The van der Waals surface area contributed by atoms with Crippen LogP contribution in [-0.2, 0) is 10.0 Å². The average Bonchev–Trinajstić information content (AvgIpc) is 2.85. The SMILES string of the molecule is CCN(CC)S(=O)(=O)c1cccc(NC(=O)c2nn(-c3ccccc3)c(=O)c3ccccc23)c1. The minimum Gasteiger partial charge on any atom is -0.321 e. The lowest BCUT2D eigenvalue weighted by molar-refractivity contribution is 0.102. The number of carbonyl (C=O) groups is 1. The minimum absolute atomic E-state index is 0.0519. The van der Waals surface area contributed by atoms with Crippen molar-refractivity contribution < 1.29 is 13.2 Å². The van der Waals surface area contributed by atoms with Crippen LogP contribution in [0.15, 0.2) is 88.6 Å². The zero-order valence-electron chi connectivity index (χ0n) is 18.8. The van der Waals surface area contributed by atoms with Gasteiger partial charge in [-0.2, -0.15) is 14.1 Å². The number of sulfonamides is 1. The third-order valence-electron chi connectivity index (χ3n) is 5.46. The molecular weight excluding hydrogens is 452 g/mol. The van der Waals surface area contributed by atoms with E-state index in [-0.39, 0.29) is 16.1 Å². The molecule has 9 heteroatoms. The van der Waals surface area contributed by atoms with E-state index < -0.39 is 15.9 Å². The summed E-state index contributed by atoms with van der Waals surface area (Å²) in [6.07, 6.45) is 0. The molecule has 0 radical (unpaired) electrons. The molecule has 0 saturated carbocycles. The first-order valence-electron chi connectivity index (χ1n) is 10.9. The van der Waals surface area contributed by atoms with Gasteiger partial charge >= 0.3 is 0 Å². The van der Waals surface area contributed by atoms with Crippen LogP contribution in [0.5, 0.6) is 0 Å². The summed E-state index contributed by atoms with van der Waals surface area (Å²) in [4.78, 5) is 26.4. The molecule has 0 atom stereocenters. The third-order valence-corrected chi connectivity index (χ3v) is 7.50. The molecule has 0 aliphatic heterocycles. The van der Waals surface area contributed by atoms with Crippen molar-refractivity contribution >= 4 is 32.4 Å². The summed E-state index contributed by atoms with van der Waals surface area (Å²) in [5, 5.41) is 7.85. The molecule has 8 nitrogen and oxygen atoms in total. The number of carbonyl (C=O) groups excluding carboxylic acids is 1. The summed E-state index contributed by atoms with van der Waals surface area (Å²) in [6, 6.07) is 21.7. The topological polar surface area (TPSA) is 101 Å². The van der Waals surface area contributed by atoms with Crippen molar-refractivity contribution in [3.05, 3.63) is 94.9 Å². The first kappa shape index (κ1) is 23.3. The van der Waals surface area contributed by atoms with Gasteiger partial charge in [-0.25, -0.2) is 8.42 Å². The van der Waals surface area contributed by atoms with Gasteiger partial charge in [0.25, 0.3) is 11.5 Å². The van der Waals surface area contributed by atoms with E-state index in [0.29, 0.717) is 35.2 Å². The predicted molar refractivity (Wildman–Crippen MR) is 132 cm³/mol. The summed E-state index contributed by atoms with van der Waals surface area (Å²) in [5.41, 5.74) is 0.544. The van der Waals surface area contributed by atoms with Crippen LogP contribution in [0.25, 0.3) is 16.5 Å². The Labute approximate surface area is 197 Å². The van der Waals surface area contributed by atoms with Crippen LogP contribution in [0.2, 0.25) is 0 Å². The molecule has 1 aromatic heterocycles. The number of anilines is 1. The number of para-hydroxylation sites is 1. The number of aromatic nitrogens is 2. The molecule has 174 valence electrons. The monoisotopic (exact) mass is 476 g/mol. The van der Waals surface area contributed by atoms with Crippen LogP contribution in [0.4, 0.5) is 5.69 Å². The van der Waals surface area contributed by atoms with Crippen LogP contribution in [0.1, 0.15) is 24.3 Å². The zero-order chi connectivity index (χ0) is 24.3. The summed E-state index contributed by atoms with van der Waals surface area (Å²) in [6.45, 7) is 4.22. The molecule has 1 heterocycles. The summed E-state index contributed by atoms with van der Waals surface area (Å²) in [7, 11) is -3.69. The zero-order valence-corrected chi connectivity index (χ0v) is 19.6. The van der Waals surface area contributed by atoms with Gasteiger partial charge in [-0.3, -0.25) is 9.59 Å². The van der Waals surface area contributed by atoms with E-state index in [1.54, 1.807) is 74.5 Å². The molecule has 3 aromatic carbocycles. The van der Waals surface area contributed by atoms with Crippen molar-refractivity contribution in [2.24, 2.45) is 0 Å². The Bertz CT molecular complexity index is 1510. The molecule has 0 aliphatic carbocycles. The Balaban J connectivity index is 1.77. The molecule has 34 heavy (non-hydrogen) atoms. The number of benzene rings is 3. The fraction of sp³-hybridized carbons (Fsp3) is 0.160. The van der Waals surface area contributed by atoms with E-state index in [2.05, 4.69) is 10.4 Å². The average molecular weight is 477 g/mol. The van der Waals surface area contributed by atoms with Crippen molar-refractivity contribution in [1.82, 2.24) is 14.1 Å². The highest BCUT2D eigenvalue weighted by Crippen LogP contribution is 2.21. The fourth-order valence-corrected chi connectivity index (χ4v) is 5.24. The molecule has 4 rings (SSSR count). The summed E-state index contributed by atoms with van der Waals surface area (Å²) >= 11 is 0. The maximum atomic E-state index is 13.3. The molecule has 0 fully saturated rings. The Kier molecular flexibility index (Phi) is 6.58. The summed E-state index contributed by atoms with van der Waals surface area (Å²) < 4.78 is 28.3. The number of fused-ring (bicyclic) bond motifs is 1. The van der Waals surface area contributed by atoms with E-state index in [1.165, 1.54) is 21.1 Å². The van der Waals surface area contributed by atoms with Gasteiger partial charge in [0.2, 0.25) is 10.0 Å². The standard InChI is InChI=1S/C25H24N4O4S/c1-3-28(4-2)34(32,33)20-14-10-11-18(17-20)26-24(30)23-21-15-8-9-16-22(21)25(31)29(27-23)19-12-6-5-7-13-19/h5-17H,3-4H2,1-2H3,(H,26,30). The largest absolute Gasteiger partial charge is 0.321 e. The second kappa shape index (κ2) is 9.58. The van der Waals surface area contributed by atoms with Gasteiger partial charge in [0.05, 0.1) is 16.0 Å². The van der Waals surface area contributed by atoms with Crippen LogP contribution >= 0.6 is 0 Å². The van der Waals surface area contributed by atoms with Crippen molar-refractivity contribution in [2.75, 3.05) is 18.4 Å². The molecule has 1 amide bonds. The van der Waals surface area contributed by atoms with Crippen molar-refractivity contribution in [1.29, 1.82) is 0 Å². The van der Waals surface area contributed by atoms with Crippen LogP contribution in [0, 0.1) is 0 Å². The maximum absolute atomic E-state index is 13.3. The Morgan fingerprint density at radius 3 is 2.24 bits per heavy atom. The third kappa shape index (κ3) is 4.35. The summed E-state index contributed by atoms with van der Waals surface area (Å²) in [5.74, 6) is -0.557. The fourth-order valence-electron chi connectivity index (χ4n) is 3.74. The number of rotatable bonds is 7. The molecule has 0 saturated heterocycles. The van der Waals surface area contributed by atoms with E-state index in [4.69, 9.17) is 0 Å². The quantitative estimate of drug-likeness (QED) is 0.439. The van der Waals surface area contributed by atoms with Crippen LogP contribution in [0.3, 0.4) is 0 Å². The first-order chi connectivity index (χ1) is 16.4. The lowest BCUT2D eigenvalue weighted by Crippen LogP contribution is -2.30. The molecule has 0 bridgehead atoms. The minimum atomic E-state index is -3.69. The van der Waals surface area contributed by atoms with Crippen molar-refractivity contribution in [2.45, 2.75) is 18.7 Å². The number of amides is 1. The molecule has 0 unspecified atom stereocenters. The Morgan fingerprint density at radius 2 is 1.56 bits per heavy atom. The lowest BCUT2D eigenvalue weighted by Gasteiger charge is -2.19. The highest BCUT2D eigenvalue weighted by molar-refractivity contribution is 7.89. The van der Waals surface area contributed by atoms with Crippen molar-refractivity contribution in [3.63, 3.8) is 0 Å². The van der Waals surface area contributed by atoms with E-state index in [1.807, 2.05) is 6.07 Å². The van der Waals surface area contributed by atoms with Gasteiger partial charge in [-0.15, -0.1) is 0 Å². The molecule has 4 aromatic rings. The number of nitrogens with one attached hydrogen (secondary N) is 1. The number of hydrogen-bond donors (Lipinski definition) is 1.